The summed E-state index contributed by atoms with van der Waals surface area (Å²) in [4.78, 5) is 0. The molecule has 0 aromatic heterocycles. The number of ether oxygens (including phenoxy) is 1. The van der Waals surface area contributed by atoms with Gasteiger partial charge in [0.1, 0.15) is 18.4 Å². The van der Waals surface area contributed by atoms with Crippen LogP contribution in [0.2, 0.25) is 0 Å². The highest BCUT2D eigenvalue weighted by atomic mass is 35.5. The molecule has 1 atom stereocenters. The van der Waals surface area contributed by atoms with Crippen molar-refractivity contribution in [2.24, 2.45) is 5.73 Å². The second kappa shape index (κ2) is 6.36. The molecule has 0 saturated carbocycles. The molecule has 0 saturated heterocycles. The van der Waals surface area contributed by atoms with Gasteiger partial charge in [-0.05, 0) is 6.07 Å². The van der Waals surface area contributed by atoms with E-state index in [2.05, 4.69) is 4.74 Å². The van der Waals surface area contributed by atoms with E-state index in [0.717, 1.165) is 12.1 Å². The third kappa shape index (κ3) is 4.81. The third-order valence-electron chi connectivity index (χ3n) is 2.15. The van der Waals surface area contributed by atoms with Gasteiger partial charge in [0.2, 0.25) is 0 Å². The Bertz CT molecular complexity index is 413. The Kier molecular flexibility index (Phi) is 5.98. The minimum atomic E-state index is -5.01. The van der Waals surface area contributed by atoms with Crippen molar-refractivity contribution in [3.05, 3.63) is 29.8 Å². The monoisotopic (exact) mass is 307 g/mol. The molecule has 0 aliphatic rings. The summed E-state index contributed by atoms with van der Waals surface area (Å²) >= 11 is 0. The number of aliphatic hydroxyl groups is 1. The SMILES string of the molecule is Cl.N[C@@H](c1ccccc1OC(F)(F)F)C(F)(F)CO. The van der Waals surface area contributed by atoms with Gasteiger partial charge in [-0.2, -0.15) is 0 Å². The zero-order valence-corrected chi connectivity index (χ0v) is 10.1. The quantitative estimate of drug-likeness (QED) is 0.841. The van der Waals surface area contributed by atoms with E-state index in [-0.39, 0.29) is 12.4 Å². The molecule has 0 fully saturated rings. The molecule has 9 heteroatoms. The Hall–Kier alpha value is -1.12. The molecule has 0 aliphatic carbocycles. The fourth-order valence-corrected chi connectivity index (χ4v) is 1.28. The van der Waals surface area contributed by atoms with Crippen LogP contribution in [0, 0.1) is 0 Å². The average molecular weight is 308 g/mol. The summed E-state index contributed by atoms with van der Waals surface area (Å²) in [5.41, 5.74) is 4.61. The van der Waals surface area contributed by atoms with Crippen molar-refractivity contribution in [2.75, 3.05) is 6.61 Å². The van der Waals surface area contributed by atoms with Gasteiger partial charge < -0.3 is 15.6 Å². The van der Waals surface area contributed by atoms with Crippen molar-refractivity contribution in [2.45, 2.75) is 18.3 Å². The van der Waals surface area contributed by atoms with Gasteiger partial charge in [-0.25, -0.2) is 8.78 Å². The predicted octanol–water partition coefficient (Wildman–Crippen LogP) is 2.63. The number of alkyl halides is 5. The van der Waals surface area contributed by atoms with Crippen LogP contribution in [-0.2, 0) is 0 Å². The lowest BCUT2D eigenvalue weighted by Crippen LogP contribution is -2.36. The minimum Gasteiger partial charge on any atom is -0.405 e. The van der Waals surface area contributed by atoms with Gasteiger partial charge in [0.05, 0.1) is 0 Å². The van der Waals surface area contributed by atoms with Gasteiger partial charge in [0.25, 0.3) is 5.92 Å². The van der Waals surface area contributed by atoms with Gasteiger partial charge in [0.15, 0.2) is 0 Å². The summed E-state index contributed by atoms with van der Waals surface area (Å²) in [5.74, 6) is -4.56. The highest BCUT2D eigenvalue weighted by molar-refractivity contribution is 5.85. The standard InChI is InChI=1S/C10H10F5NO2.ClH/c11-9(12,5-17)8(16)6-3-1-2-4-7(6)18-10(13,14)15;/h1-4,8,17H,5,16H2;1H/t8-;/m0./s1. The Morgan fingerprint density at radius 3 is 2.16 bits per heavy atom. The first-order chi connectivity index (χ1) is 8.17. The average Bonchev–Trinajstić information content (AvgIpc) is 2.26. The number of halogens is 6. The maximum atomic E-state index is 13.1. The molecule has 0 aliphatic heterocycles. The molecule has 1 rings (SSSR count). The van der Waals surface area contributed by atoms with Crippen LogP contribution in [0.1, 0.15) is 11.6 Å². The molecular formula is C10H11ClF5NO2. The topological polar surface area (TPSA) is 55.5 Å². The van der Waals surface area contributed by atoms with Gasteiger partial charge in [-0.3, -0.25) is 0 Å². The molecule has 1 aromatic carbocycles. The van der Waals surface area contributed by atoms with E-state index < -0.39 is 36.2 Å². The van der Waals surface area contributed by atoms with Crippen LogP contribution < -0.4 is 10.5 Å². The second-order valence-electron chi connectivity index (χ2n) is 3.48. The lowest BCUT2D eigenvalue weighted by Gasteiger charge is -2.24. The van der Waals surface area contributed by atoms with Crippen molar-refractivity contribution >= 4 is 12.4 Å². The van der Waals surface area contributed by atoms with Gasteiger partial charge in [0, 0.05) is 5.56 Å². The minimum absolute atomic E-state index is 0. The van der Waals surface area contributed by atoms with Crippen molar-refractivity contribution in [1.82, 2.24) is 0 Å². The maximum absolute atomic E-state index is 13.1. The highest BCUT2D eigenvalue weighted by Crippen LogP contribution is 2.36. The smallest absolute Gasteiger partial charge is 0.405 e. The van der Waals surface area contributed by atoms with Crippen LogP contribution in [0.15, 0.2) is 24.3 Å². The first kappa shape index (κ1) is 17.9. The number of nitrogens with two attached hydrogens (primary N) is 1. The normalized spacial score (nSPS) is 13.6. The lowest BCUT2D eigenvalue weighted by molar-refractivity contribution is -0.275. The molecule has 0 unspecified atom stereocenters. The molecule has 0 amide bonds. The summed E-state index contributed by atoms with van der Waals surface area (Å²) in [7, 11) is 0. The third-order valence-corrected chi connectivity index (χ3v) is 2.15. The van der Waals surface area contributed by atoms with Crippen LogP contribution in [0.25, 0.3) is 0 Å². The Balaban J connectivity index is 0.00000324. The predicted molar refractivity (Wildman–Crippen MR) is 59.3 cm³/mol. The van der Waals surface area contributed by atoms with Crippen molar-refractivity contribution in [1.29, 1.82) is 0 Å². The molecule has 0 radical (unpaired) electrons. The largest absolute Gasteiger partial charge is 0.573 e. The summed E-state index contributed by atoms with van der Waals surface area (Å²) in [6, 6.07) is 2.19. The van der Waals surface area contributed by atoms with Crippen LogP contribution >= 0.6 is 12.4 Å². The van der Waals surface area contributed by atoms with Gasteiger partial charge in [-0.15, -0.1) is 25.6 Å². The Morgan fingerprint density at radius 1 is 1.16 bits per heavy atom. The van der Waals surface area contributed by atoms with Crippen LogP contribution in [0.4, 0.5) is 22.0 Å². The van der Waals surface area contributed by atoms with Crippen molar-refractivity contribution in [3.63, 3.8) is 0 Å². The van der Waals surface area contributed by atoms with Crippen molar-refractivity contribution in [3.8, 4) is 5.75 Å². The second-order valence-corrected chi connectivity index (χ2v) is 3.48. The summed E-state index contributed by atoms with van der Waals surface area (Å²) in [5, 5.41) is 8.46. The van der Waals surface area contributed by atoms with Crippen LogP contribution in [-0.4, -0.2) is 24.0 Å². The van der Waals surface area contributed by atoms with E-state index in [1.54, 1.807) is 0 Å². The molecule has 0 heterocycles. The number of hydrogen-bond acceptors (Lipinski definition) is 3. The number of aliphatic hydroxyl groups excluding tert-OH is 1. The lowest BCUT2D eigenvalue weighted by atomic mass is 10.0. The molecule has 3 nitrogen and oxygen atoms in total. The fourth-order valence-electron chi connectivity index (χ4n) is 1.28. The molecule has 1 aromatic rings. The Morgan fingerprint density at radius 2 is 1.68 bits per heavy atom. The fraction of sp³-hybridized carbons (Fsp3) is 0.400. The van der Waals surface area contributed by atoms with Gasteiger partial charge in [-0.1, -0.05) is 18.2 Å². The molecule has 3 N–H and O–H groups in total. The van der Waals surface area contributed by atoms with E-state index in [1.165, 1.54) is 12.1 Å². The first-order valence-electron chi connectivity index (χ1n) is 4.76. The number of rotatable bonds is 4. The van der Waals surface area contributed by atoms with Crippen LogP contribution in [0.3, 0.4) is 0 Å². The first-order valence-corrected chi connectivity index (χ1v) is 4.76. The van der Waals surface area contributed by atoms with E-state index in [4.69, 9.17) is 10.8 Å². The molecule has 0 spiro atoms. The van der Waals surface area contributed by atoms with Crippen molar-refractivity contribution < 1.29 is 31.8 Å². The maximum Gasteiger partial charge on any atom is 0.573 e. The molecule has 0 bridgehead atoms. The van der Waals surface area contributed by atoms with Gasteiger partial charge >= 0.3 is 6.36 Å². The summed E-state index contributed by atoms with van der Waals surface area (Å²) < 4.78 is 66.1. The number of hydrogen-bond donors (Lipinski definition) is 2. The number of para-hydroxylation sites is 1. The zero-order chi connectivity index (χ0) is 14.0. The van der Waals surface area contributed by atoms with E-state index in [0.29, 0.717) is 0 Å². The zero-order valence-electron chi connectivity index (χ0n) is 9.32. The highest BCUT2D eigenvalue weighted by Gasteiger charge is 2.40. The summed E-state index contributed by atoms with van der Waals surface area (Å²) in [6.07, 6.45) is -5.01. The molecule has 110 valence electrons. The Labute approximate surface area is 111 Å². The molecule has 19 heavy (non-hydrogen) atoms. The number of benzene rings is 1. The molecular weight excluding hydrogens is 297 g/mol. The van der Waals surface area contributed by atoms with E-state index in [1.807, 2.05) is 0 Å². The van der Waals surface area contributed by atoms with Crippen LogP contribution in [0.5, 0.6) is 5.75 Å². The summed E-state index contributed by atoms with van der Waals surface area (Å²) in [6.45, 7) is -1.57. The van der Waals surface area contributed by atoms with E-state index >= 15 is 0 Å². The van der Waals surface area contributed by atoms with E-state index in [9.17, 15) is 22.0 Å².